The first-order valence-corrected chi connectivity index (χ1v) is 7.95. The van der Waals surface area contributed by atoms with E-state index in [1.165, 1.54) is 16.7 Å². The SMILES string of the molecule is Cc1ccccc1-n1cc(-c2ccc(-c3ccccc3)cc2)nn1. The molecule has 1 heterocycles. The zero-order valence-electron chi connectivity index (χ0n) is 13.4. The van der Waals surface area contributed by atoms with E-state index in [2.05, 4.69) is 71.8 Å². The van der Waals surface area contributed by atoms with Crippen LogP contribution in [0.15, 0.2) is 85.1 Å². The van der Waals surface area contributed by atoms with Crippen LogP contribution >= 0.6 is 0 Å². The number of para-hydroxylation sites is 1. The van der Waals surface area contributed by atoms with Crippen LogP contribution in [-0.2, 0) is 0 Å². The highest BCUT2D eigenvalue weighted by atomic mass is 15.4. The van der Waals surface area contributed by atoms with E-state index >= 15 is 0 Å². The molecule has 0 N–H and O–H groups in total. The summed E-state index contributed by atoms with van der Waals surface area (Å²) in [4.78, 5) is 0. The minimum absolute atomic E-state index is 0.873. The summed E-state index contributed by atoms with van der Waals surface area (Å²) in [6.07, 6.45) is 1.97. The second kappa shape index (κ2) is 6.13. The van der Waals surface area contributed by atoms with Crippen molar-refractivity contribution in [2.75, 3.05) is 0 Å². The number of aryl methyl sites for hydroxylation is 1. The zero-order chi connectivity index (χ0) is 16.4. The van der Waals surface area contributed by atoms with Crippen molar-refractivity contribution in [2.24, 2.45) is 0 Å². The molecule has 0 bridgehead atoms. The molecule has 0 radical (unpaired) electrons. The summed E-state index contributed by atoms with van der Waals surface area (Å²) in [5, 5.41) is 8.59. The summed E-state index contributed by atoms with van der Waals surface area (Å²) < 4.78 is 1.83. The van der Waals surface area contributed by atoms with Crippen LogP contribution < -0.4 is 0 Å². The van der Waals surface area contributed by atoms with Gasteiger partial charge in [0.15, 0.2) is 0 Å². The van der Waals surface area contributed by atoms with Crippen molar-refractivity contribution >= 4 is 0 Å². The molecule has 3 aromatic carbocycles. The van der Waals surface area contributed by atoms with Gasteiger partial charge in [0.25, 0.3) is 0 Å². The largest absolute Gasteiger partial charge is 0.220 e. The van der Waals surface area contributed by atoms with Gasteiger partial charge in [-0.15, -0.1) is 5.10 Å². The Kier molecular flexibility index (Phi) is 3.67. The Hall–Kier alpha value is -3.20. The van der Waals surface area contributed by atoms with Gasteiger partial charge in [-0.25, -0.2) is 4.68 Å². The molecule has 0 aliphatic rings. The predicted octanol–water partition coefficient (Wildman–Crippen LogP) is 4.91. The molecule has 3 heteroatoms. The maximum atomic E-state index is 4.32. The van der Waals surface area contributed by atoms with E-state index in [0.717, 1.165) is 16.9 Å². The summed E-state index contributed by atoms with van der Waals surface area (Å²) in [6, 6.07) is 27.0. The van der Waals surface area contributed by atoms with E-state index in [4.69, 9.17) is 0 Å². The second-order valence-corrected chi connectivity index (χ2v) is 5.78. The molecule has 24 heavy (non-hydrogen) atoms. The topological polar surface area (TPSA) is 30.7 Å². The summed E-state index contributed by atoms with van der Waals surface area (Å²) in [5.41, 5.74) is 6.58. The first-order valence-electron chi connectivity index (χ1n) is 7.95. The number of hydrogen-bond acceptors (Lipinski definition) is 2. The quantitative estimate of drug-likeness (QED) is 0.538. The lowest BCUT2D eigenvalue weighted by atomic mass is 10.0. The number of nitrogens with zero attached hydrogens (tertiary/aromatic N) is 3. The third-order valence-electron chi connectivity index (χ3n) is 4.14. The number of rotatable bonds is 3. The molecule has 0 fully saturated rings. The Morgan fingerprint density at radius 2 is 1.29 bits per heavy atom. The van der Waals surface area contributed by atoms with Gasteiger partial charge >= 0.3 is 0 Å². The highest BCUT2D eigenvalue weighted by Crippen LogP contribution is 2.24. The molecule has 1 aromatic heterocycles. The van der Waals surface area contributed by atoms with Gasteiger partial charge in [-0.1, -0.05) is 78.0 Å². The Morgan fingerprint density at radius 1 is 0.667 bits per heavy atom. The van der Waals surface area contributed by atoms with Gasteiger partial charge < -0.3 is 0 Å². The molecule has 3 nitrogen and oxygen atoms in total. The summed E-state index contributed by atoms with van der Waals surface area (Å²) in [7, 11) is 0. The Bertz CT molecular complexity index is 954. The average Bonchev–Trinajstić information content (AvgIpc) is 3.13. The zero-order valence-corrected chi connectivity index (χ0v) is 13.4. The number of hydrogen-bond donors (Lipinski definition) is 0. The van der Waals surface area contributed by atoms with Crippen LogP contribution in [0.25, 0.3) is 28.1 Å². The van der Waals surface area contributed by atoms with Crippen LogP contribution in [0.1, 0.15) is 5.56 Å². The van der Waals surface area contributed by atoms with E-state index in [0.29, 0.717) is 0 Å². The summed E-state index contributed by atoms with van der Waals surface area (Å²) >= 11 is 0. The van der Waals surface area contributed by atoms with Gasteiger partial charge in [-0.05, 0) is 29.7 Å². The minimum atomic E-state index is 0.873. The normalized spacial score (nSPS) is 10.7. The van der Waals surface area contributed by atoms with Gasteiger partial charge in [-0.2, -0.15) is 0 Å². The first-order chi connectivity index (χ1) is 11.8. The Morgan fingerprint density at radius 3 is 2.04 bits per heavy atom. The number of benzene rings is 3. The van der Waals surface area contributed by atoms with Gasteiger partial charge in [0, 0.05) is 5.56 Å². The summed E-state index contributed by atoms with van der Waals surface area (Å²) in [6.45, 7) is 2.07. The van der Waals surface area contributed by atoms with Crippen molar-refractivity contribution < 1.29 is 0 Å². The molecule has 0 amide bonds. The molecule has 4 rings (SSSR count). The summed E-state index contributed by atoms with van der Waals surface area (Å²) in [5.74, 6) is 0. The predicted molar refractivity (Wildman–Crippen MR) is 97.0 cm³/mol. The highest BCUT2D eigenvalue weighted by Gasteiger charge is 2.07. The smallest absolute Gasteiger partial charge is 0.113 e. The van der Waals surface area contributed by atoms with Gasteiger partial charge in [0.1, 0.15) is 5.69 Å². The van der Waals surface area contributed by atoms with Crippen LogP contribution in [0.3, 0.4) is 0 Å². The van der Waals surface area contributed by atoms with Crippen LogP contribution in [-0.4, -0.2) is 15.0 Å². The standard InChI is InChI=1S/C21H17N3/c1-16-7-5-6-10-21(16)24-15-20(22-23-24)19-13-11-18(12-14-19)17-8-3-2-4-9-17/h2-15H,1H3. The van der Waals surface area contributed by atoms with Crippen LogP contribution in [0.2, 0.25) is 0 Å². The molecule has 0 saturated heterocycles. The molecule has 0 unspecified atom stereocenters. The monoisotopic (exact) mass is 311 g/mol. The third kappa shape index (κ3) is 2.72. The molecule has 4 aromatic rings. The third-order valence-corrected chi connectivity index (χ3v) is 4.14. The number of aromatic nitrogens is 3. The van der Waals surface area contributed by atoms with E-state index in [1.807, 2.05) is 35.1 Å². The van der Waals surface area contributed by atoms with Crippen molar-refractivity contribution in [3.63, 3.8) is 0 Å². The van der Waals surface area contributed by atoms with Gasteiger partial charge in [0.2, 0.25) is 0 Å². The van der Waals surface area contributed by atoms with Gasteiger partial charge in [0.05, 0.1) is 11.9 Å². The van der Waals surface area contributed by atoms with E-state index in [9.17, 15) is 0 Å². The lowest BCUT2D eigenvalue weighted by molar-refractivity contribution is 0.799. The van der Waals surface area contributed by atoms with Crippen molar-refractivity contribution in [3.8, 4) is 28.1 Å². The van der Waals surface area contributed by atoms with Crippen molar-refractivity contribution in [1.29, 1.82) is 0 Å². The fourth-order valence-electron chi connectivity index (χ4n) is 2.80. The Balaban J connectivity index is 1.65. The van der Waals surface area contributed by atoms with Crippen LogP contribution in [0.5, 0.6) is 0 Å². The molecular formula is C21H17N3. The van der Waals surface area contributed by atoms with Gasteiger partial charge in [-0.3, -0.25) is 0 Å². The lowest BCUT2D eigenvalue weighted by Gasteiger charge is -2.03. The van der Waals surface area contributed by atoms with Crippen molar-refractivity contribution in [1.82, 2.24) is 15.0 Å². The van der Waals surface area contributed by atoms with Crippen LogP contribution in [0, 0.1) is 6.92 Å². The second-order valence-electron chi connectivity index (χ2n) is 5.78. The van der Waals surface area contributed by atoms with Crippen molar-refractivity contribution in [2.45, 2.75) is 6.92 Å². The Labute approximate surface area is 141 Å². The molecule has 0 aliphatic carbocycles. The first kappa shape index (κ1) is 14.4. The molecule has 116 valence electrons. The fourth-order valence-corrected chi connectivity index (χ4v) is 2.80. The van der Waals surface area contributed by atoms with E-state index < -0.39 is 0 Å². The lowest BCUT2D eigenvalue weighted by Crippen LogP contribution is -1.96. The van der Waals surface area contributed by atoms with Crippen LogP contribution in [0.4, 0.5) is 0 Å². The molecule has 0 atom stereocenters. The average molecular weight is 311 g/mol. The highest BCUT2D eigenvalue weighted by molar-refractivity contribution is 5.68. The van der Waals surface area contributed by atoms with Crippen molar-refractivity contribution in [3.05, 3.63) is 90.6 Å². The molecule has 0 aliphatic heterocycles. The molecule has 0 spiro atoms. The minimum Gasteiger partial charge on any atom is -0.220 e. The molecule has 0 saturated carbocycles. The van der Waals surface area contributed by atoms with E-state index in [1.54, 1.807) is 0 Å². The maximum absolute atomic E-state index is 4.32. The van der Waals surface area contributed by atoms with E-state index in [-0.39, 0.29) is 0 Å². The fraction of sp³-hybridized carbons (Fsp3) is 0.0476. The maximum Gasteiger partial charge on any atom is 0.113 e. The molecular weight excluding hydrogens is 294 g/mol.